The van der Waals surface area contributed by atoms with Crippen LogP contribution >= 0.6 is 11.8 Å². The molecule has 1 aliphatic rings. The molecular formula is C13H16F2N2S. The lowest BCUT2D eigenvalue weighted by molar-refractivity contribution is 0.596. The highest BCUT2D eigenvalue weighted by molar-refractivity contribution is 8.15. The highest BCUT2D eigenvalue weighted by Crippen LogP contribution is 2.27. The van der Waals surface area contributed by atoms with Crippen LogP contribution in [0.4, 0.5) is 14.5 Å². The summed E-state index contributed by atoms with van der Waals surface area (Å²) in [7, 11) is 0. The molecule has 1 N–H and O–H groups in total. The van der Waals surface area contributed by atoms with Gasteiger partial charge in [0.15, 0.2) is 5.17 Å². The van der Waals surface area contributed by atoms with E-state index in [2.05, 4.69) is 17.2 Å². The first-order valence-electron chi connectivity index (χ1n) is 6.04. The average molecular weight is 270 g/mol. The number of hydrogen-bond acceptors (Lipinski definition) is 3. The van der Waals surface area contributed by atoms with Gasteiger partial charge in [0.25, 0.3) is 0 Å². The molecular weight excluding hydrogens is 254 g/mol. The predicted molar refractivity (Wildman–Crippen MR) is 73.3 cm³/mol. The van der Waals surface area contributed by atoms with Gasteiger partial charge in [0.05, 0.1) is 12.2 Å². The SMILES string of the molecule is CCCC1CN=C(Nc2cc(F)c(C)cc2F)S1. The number of nitrogens with one attached hydrogen (secondary N) is 1. The van der Waals surface area contributed by atoms with Crippen molar-refractivity contribution < 1.29 is 8.78 Å². The van der Waals surface area contributed by atoms with Crippen molar-refractivity contribution in [2.24, 2.45) is 4.99 Å². The first-order valence-corrected chi connectivity index (χ1v) is 6.92. The molecule has 1 aromatic rings. The fourth-order valence-electron chi connectivity index (χ4n) is 1.82. The van der Waals surface area contributed by atoms with Crippen molar-refractivity contribution in [2.45, 2.75) is 31.9 Å². The second kappa shape index (κ2) is 5.69. The van der Waals surface area contributed by atoms with Crippen LogP contribution < -0.4 is 5.32 Å². The van der Waals surface area contributed by atoms with Crippen molar-refractivity contribution in [2.75, 3.05) is 11.9 Å². The molecule has 0 spiro atoms. The standard InChI is InChI=1S/C13H16F2N2S/c1-3-4-9-7-16-13(18-9)17-12-6-10(14)8(2)5-11(12)15/h5-6,9H,3-4,7H2,1-2H3,(H,16,17). The summed E-state index contributed by atoms with van der Waals surface area (Å²) in [4.78, 5) is 4.30. The number of amidine groups is 1. The van der Waals surface area contributed by atoms with Crippen LogP contribution in [0.1, 0.15) is 25.3 Å². The maximum Gasteiger partial charge on any atom is 0.161 e. The Labute approximate surface area is 110 Å². The Bertz CT molecular complexity index is 474. The fraction of sp³-hybridized carbons (Fsp3) is 0.462. The van der Waals surface area contributed by atoms with Crippen LogP contribution in [0.15, 0.2) is 17.1 Å². The van der Waals surface area contributed by atoms with Gasteiger partial charge in [0, 0.05) is 11.3 Å². The van der Waals surface area contributed by atoms with Gasteiger partial charge in [-0.3, -0.25) is 4.99 Å². The van der Waals surface area contributed by atoms with Gasteiger partial charge in [0.2, 0.25) is 0 Å². The van der Waals surface area contributed by atoms with Crippen molar-refractivity contribution >= 4 is 22.6 Å². The van der Waals surface area contributed by atoms with E-state index in [-0.39, 0.29) is 5.69 Å². The molecule has 1 unspecified atom stereocenters. The van der Waals surface area contributed by atoms with E-state index in [0.29, 0.717) is 16.0 Å². The van der Waals surface area contributed by atoms with Crippen LogP contribution in [0.2, 0.25) is 0 Å². The quantitative estimate of drug-likeness (QED) is 0.899. The van der Waals surface area contributed by atoms with Crippen LogP contribution in [-0.4, -0.2) is 17.0 Å². The Kier molecular flexibility index (Phi) is 4.22. The molecule has 1 atom stereocenters. The normalized spacial score (nSPS) is 18.9. The van der Waals surface area contributed by atoms with Crippen LogP contribution in [0, 0.1) is 18.6 Å². The van der Waals surface area contributed by atoms with Gasteiger partial charge in [-0.1, -0.05) is 25.1 Å². The lowest BCUT2D eigenvalue weighted by Gasteiger charge is -2.09. The molecule has 2 rings (SSSR count). The van der Waals surface area contributed by atoms with Gasteiger partial charge in [-0.2, -0.15) is 0 Å². The van der Waals surface area contributed by atoms with E-state index < -0.39 is 11.6 Å². The van der Waals surface area contributed by atoms with Crippen molar-refractivity contribution in [1.82, 2.24) is 0 Å². The lowest BCUT2D eigenvalue weighted by atomic mass is 10.2. The Morgan fingerprint density at radius 1 is 1.39 bits per heavy atom. The van der Waals surface area contributed by atoms with Crippen molar-refractivity contribution in [3.05, 3.63) is 29.3 Å². The van der Waals surface area contributed by atoms with Gasteiger partial charge in [-0.05, 0) is 25.0 Å². The van der Waals surface area contributed by atoms with Crippen molar-refractivity contribution in [3.8, 4) is 0 Å². The highest BCUT2D eigenvalue weighted by atomic mass is 32.2. The van der Waals surface area contributed by atoms with Crippen molar-refractivity contribution in [3.63, 3.8) is 0 Å². The lowest BCUT2D eigenvalue weighted by Crippen LogP contribution is -2.09. The molecule has 0 saturated carbocycles. The number of aliphatic imine (C=N–C) groups is 1. The van der Waals surface area contributed by atoms with E-state index in [4.69, 9.17) is 0 Å². The molecule has 1 aliphatic heterocycles. The molecule has 0 aliphatic carbocycles. The van der Waals surface area contributed by atoms with Gasteiger partial charge < -0.3 is 5.32 Å². The molecule has 18 heavy (non-hydrogen) atoms. The van der Waals surface area contributed by atoms with E-state index >= 15 is 0 Å². The summed E-state index contributed by atoms with van der Waals surface area (Å²) in [6.07, 6.45) is 2.19. The molecule has 0 fully saturated rings. The maximum absolute atomic E-state index is 13.6. The van der Waals surface area contributed by atoms with Gasteiger partial charge in [-0.25, -0.2) is 8.78 Å². The van der Waals surface area contributed by atoms with E-state index in [0.717, 1.165) is 19.4 Å². The van der Waals surface area contributed by atoms with Crippen LogP contribution in [0.3, 0.4) is 0 Å². The number of halogens is 2. The Hall–Kier alpha value is -1.10. The van der Waals surface area contributed by atoms with E-state index in [9.17, 15) is 8.78 Å². The third-order valence-corrected chi connectivity index (χ3v) is 3.99. The summed E-state index contributed by atoms with van der Waals surface area (Å²) in [6, 6.07) is 2.38. The Balaban J connectivity index is 2.05. The maximum atomic E-state index is 13.6. The van der Waals surface area contributed by atoms with Crippen LogP contribution in [0.25, 0.3) is 0 Å². The largest absolute Gasteiger partial charge is 0.332 e. The minimum atomic E-state index is -0.448. The zero-order chi connectivity index (χ0) is 13.1. The van der Waals surface area contributed by atoms with Gasteiger partial charge in [-0.15, -0.1) is 0 Å². The molecule has 1 aromatic carbocycles. The first-order chi connectivity index (χ1) is 8.60. The summed E-state index contributed by atoms with van der Waals surface area (Å²) >= 11 is 1.60. The smallest absolute Gasteiger partial charge is 0.161 e. The number of thioether (sulfide) groups is 1. The summed E-state index contributed by atoms with van der Waals surface area (Å²) in [5.41, 5.74) is 0.462. The molecule has 0 aromatic heterocycles. The molecule has 0 amide bonds. The number of aryl methyl sites for hydroxylation is 1. The van der Waals surface area contributed by atoms with Gasteiger partial charge >= 0.3 is 0 Å². The minimum absolute atomic E-state index is 0.154. The van der Waals surface area contributed by atoms with E-state index in [1.165, 1.54) is 12.1 Å². The summed E-state index contributed by atoms with van der Waals surface area (Å²) < 4.78 is 27.0. The monoisotopic (exact) mass is 270 g/mol. The number of benzene rings is 1. The molecule has 0 bridgehead atoms. The number of anilines is 1. The van der Waals surface area contributed by atoms with E-state index in [1.807, 2.05) is 0 Å². The second-order valence-electron chi connectivity index (χ2n) is 4.38. The fourth-order valence-corrected chi connectivity index (χ4v) is 2.95. The van der Waals surface area contributed by atoms with Gasteiger partial charge in [0.1, 0.15) is 11.6 Å². The minimum Gasteiger partial charge on any atom is -0.332 e. The van der Waals surface area contributed by atoms with E-state index in [1.54, 1.807) is 18.7 Å². The Morgan fingerprint density at radius 3 is 2.89 bits per heavy atom. The summed E-state index contributed by atoms with van der Waals surface area (Å²) in [5, 5.41) is 3.99. The molecule has 1 heterocycles. The number of nitrogens with zero attached hydrogens (tertiary/aromatic N) is 1. The molecule has 2 nitrogen and oxygen atoms in total. The Morgan fingerprint density at radius 2 is 2.17 bits per heavy atom. The zero-order valence-electron chi connectivity index (χ0n) is 10.5. The second-order valence-corrected chi connectivity index (χ2v) is 5.67. The third kappa shape index (κ3) is 3.02. The molecule has 0 radical (unpaired) electrons. The number of hydrogen-bond donors (Lipinski definition) is 1. The highest BCUT2D eigenvalue weighted by Gasteiger charge is 2.19. The molecule has 0 saturated heterocycles. The topological polar surface area (TPSA) is 24.4 Å². The van der Waals surface area contributed by atoms with Crippen LogP contribution in [0.5, 0.6) is 0 Å². The third-order valence-electron chi connectivity index (χ3n) is 2.82. The number of rotatable bonds is 3. The average Bonchev–Trinajstić information content (AvgIpc) is 2.74. The van der Waals surface area contributed by atoms with Crippen molar-refractivity contribution in [1.29, 1.82) is 0 Å². The van der Waals surface area contributed by atoms with Crippen LogP contribution in [-0.2, 0) is 0 Å². The first kappa shape index (κ1) is 13.3. The predicted octanol–water partition coefficient (Wildman–Crippen LogP) is 3.96. The summed E-state index contributed by atoms with van der Waals surface area (Å²) in [6.45, 7) is 4.42. The molecule has 98 valence electrons. The molecule has 5 heteroatoms. The summed E-state index contributed by atoms with van der Waals surface area (Å²) in [5.74, 6) is -0.858. The zero-order valence-corrected chi connectivity index (χ0v) is 11.3.